The summed E-state index contributed by atoms with van der Waals surface area (Å²) in [5.74, 6) is -2.65. The van der Waals surface area contributed by atoms with E-state index in [1.54, 1.807) is 24.3 Å². The number of sulfonamides is 1. The first kappa shape index (κ1) is 27.4. The number of Topliss-reactive ketones (excluding diaryl/α,β-unsaturated/α-hetero) is 1. The van der Waals surface area contributed by atoms with Crippen molar-refractivity contribution in [2.45, 2.75) is 63.3 Å². The molecule has 1 saturated carbocycles. The molecule has 1 aliphatic heterocycles. The van der Waals surface area contributed by atoms with Gasteiger partial charge in [0.05, 0.1) is 10.8 Å². The minimum atomic E-state index is -3.27. The number of alkyl halides is 2. The second-order valence-corrected chi connectivity index (χ2v) is 11.2. The van der Waals surface area contributed by atoms with Gasteiger partial charge in [0.15, 0.2) is 5.78 Å². The van der Waals surface area contributed by atoms with Crippen LogP contribution in [-0.2, 0) is 10.0 Å². The summed E-state index contributed by atoms with van der Waals surface area (Å²) in [5.41, 5.74) is -0.0601. The normalized spacial score (nSPS) is 21.6. The Balaban J connectivity index is 0.00000363. The Hall–Kier alpha value is -0.800. The van der Waals surface area contributed by atoms with Gasteiger partial charge in [-0.1, -0.05) is 30.7 Å². The third-order valence-electron chi connectivity index (χ3n) is 6.67. The highest BCUT2D eigenvalue weighted by Crippen LogP contribution is 2.44. The lowest BCUT2D eigenvalue weighted by molar-refractivity contribution is -0.0891. The van der Waals surface area contributed by atoms with Crippen LogP contribution in [-0.4, -0.2) is 66.8 Å². The molecule has 2 aliphatic rings. The second kappa shape index (κ2) is 11.1. The highest BCUT2D eigenvalue weighted by molar-refractivity contribution is 7.89. The number of carbonyl (C=O) groups is 1. The number of benzene rings is 1. The van der Waals surface area contributed by atoms with Crippen LogP contribution in [0.5, 0.6) is 0 Å². The average molecular weight is 513 g/mol. The molecule has 2 fully saturated rings. The fourth-order valence-corrected chi connectivity index (χ4v) is 6.54. The van der Waals surface area contributed by atoms with Gasteiger partial charge in [-0.05, 0) is 37.8 Å². The number of hydrogen-bond donors (Lipinski definition) is 0. The minimum absolute atomic E-state index is 0. The Bertz CT molecular complexity index is 881. The Kier molecular flexibility index (Phi) is 9.51. The number of halogens is 4. The maximum atomic E-state index is 13.9. The molecular weight excluding hydrogens is 481 g/mol. The highest BCUT2D eigenvalue weighted by Gasteiger charge is 2.47. The molecule has 32 heavy (non-hydrogen) atoms. The predicted molar refractivity (Wildman–Crippen MR) is 126 cm³/mol. The zero-order chi connectivity index (χ0) is 22.7. The van der Waals surface area contributed by atoms with E-state index >= 15 is 0 Å². The Morgan fingerprint density at radius 1 is 1.06 bits per heavy atom. The van der Waals surface area contributed by atoms with Crippen LogP contribution < -0.4 is 0 Å². The lowest BCUT2D eigenvalue weighted by atomic mass is 9.74. The maximum absolute atomic E-state index is 13.9. The fraction of sp³-hybridized carbons (Fsp3) is 0.682. The van der Waals surface area contributed by atoms with Crippen molar-refractivity contribution in [3.05, 3.63) is 34.9 Å². The topological polar surface area (TPSA) is 57.7 Å². The molecule has 0 radical (unpaired) electrons. The van der Waals surface area contributed by atoms with E-state index in [1.807, 2.05) is 6.92 Å². The van der Waals surface area contributed by atoms with E-state index in [9.17, 15) is 22.0 Å². The molecule has 0 bridgehead atoms. The third kappa shape index (κ3) is 6.41. The summed E-state index contributed by atoms with van der Waals surface area (Å²) in [5, 5.41) is 0.395. The summed E-state index contributed by atoms with van der Waals surface area (Å²) in [6, 6.07) is 6.87. The van der Waals surface area contributed by atoms with Gasteiger partial charge >= 0.3 is 0 Å². The highest BCUT2D eigenvalue weighted by atomic mass is 35.5. The second-order valence-electron chi connectivity index (χ2n) is 8.69. The zero-order valence-electron chi connectivity index (χ0n) is 18.4. The first-order valence-electron chi connectivity index (χ1n) is 11.0. The van der Waals surface area contributed by atoms with E-state index in [1.165, 1.54) is 4.31 Å². The molecule has 0 spiro atoms. The van der Waals surface area contributed by atoms with Gasteiger partial charge in [-0.25, -0.2) is 17.2 Å². The van der Waals surface area contributed by atoms with E-state index in [2.05, 4.69) is 4.90 Å². The molecule has 0 atom stereocenters. The molecule has 1 saturated heterocycles. The molecule has 1 heterocycles. The average Bonchev–Trinajstić information content (AvgIpc) is 2.73. The predicted octanol–water partition coefficient (Wildman–Crippen LogP) is 5.03. The molecule has 1 aliphatic carbocycles. The molecule has 182 valence electrons. The summed E-state index contributed by atoms with van der Waals surface area (Å²) < 4.78 is 54.2. The van der Waals surface area contributed by atoms with E-state index in [-0.39, 0.29) is 43.2 Å². The van der Waals surface area contributed by atoms with Crippen LogP contribution in [0, 0.1) is 0 Å². The molecule has 0 N–H and O–H groups in total. The molecule has 10 heteroatoms. The van der Waals surface area contributed by atoms with Crippen molar-refractivity contribution in [1.82, 2.24) is 9.21 Å². The number of ketones is 1. The zero-order valence-corrected chi connectivity index (χ0v) is 20.8. The number of carbonyl (C=O) groups excluding carboxylic acids is 1. The molecule has 0 aromatic heterocycles. The van der Waals surface area contributed by atoms with Crippen molar-refractivity contribution in [1.29, 1.82) is 0 Å². The van der Waals surface area contributed by atoms with E-state index in [0.717, 1.165) is 0 Å². The smallest absolute Gasteiger partial charge is 0.248 e. The minimum Gasteiger partial charge on any atom is -0.295 e. The van der Waals surface area contributed by atoms with Crippen molar-refractivity contribution in [3.63, 3.8) is 0 Å². The molecule has 0 unspecified atom stereocenters. The van der Waals surface area contributed by atoms with Gasteiger partial charge in [0.1, 0.15) is 0 Å². The largest absolute Gasteiger partial charge is 0.295 e. The van der Waals surface area contributed by atoms with Crippen LogP contribution in [0.4, 0.5) is 8.78 Å². The molecular formula is C22H32Cl2F2N2O3S. The van der Waals surface area contributed by atoms with E-state index in [0.29, 0.717) is 62.4 Å². The van der Waals surface area contributed by atoms with E-state index in [4.69, 9.17) is 11.6 Å². The van der Waals surface area contributed by atoms with Gasteiger partial charge in [-0.2, -0.15) is 4.31 Å². The first-order valence-corrected chi connectivity index (χ1v) is 13.0. The molecule has 0 amide bonds. The van der Waals surface area contributed by atoms with Gasteiger partial charge < -0.3 is 0 Å². The Morgan fingerprint density at radius 2 is 1.66 bits per heavy atom. The van der Waals surface area contributed by atoms with Crippen LogP contribution in [0.15, 0.2) is 24.3 Å². The Labute approximate surface area is 200 Å². The van der Waals surface area contributed by atoms with Crippen LogP contribution in [0.25, 0.3) is 0 Å². The molecule has 1 aromatic carbocycles. The van der Waals surface area contributed by atoms with Crippen molar-refractivity contribution in [2.75, 3.05) is 31.9 Å². The molecule has 5 nitrogen and oxygen atoms in total. The quantitative estimate of drug-likeness (QED) is 0.458. The third-order valence-corrected chi connectivity index (χ3v) is 9.07. The van der Waals surface area contributed by atoms with Crippen LogP contribution in [0.3, 0.4) is 0 Å². The summed E-state index contributed by atoms with van der Waals surface area (Å²) >= 11 is 6.15. The lowest BCUT2D eigenvalue weighted by Crippen LogP contribution is -2.60. The fourth-order valence-electron chi connectivity index (χ4n) is 4.80. The SMILES string of the molecule is CCCS(=O)(=O)N1CCN(C2(CCC(=O)c3ccccc3Cl)CCC(F)(F)CC2)CC1.Cl. The van der Waals surface area contributed by atoms with Crippen LogP contribution in [0.1, 0.15) is 62.2 Å². The number of piperazine rings is 1. The van der Waals surface area contributed by atoms with Crippen LogP contribution in [0.2, 0.25) is 5.02 Å². The lowest BCUT2D eigenvalue weighted by Gasteiger charge is -2.51. The first-order chi connectivity index (χ1) is 14.6. The van der Waals surface area contributed by atoms with Crippen molar-refractivity contribution < 1.29 is 22.0 Å². The summed E-state index contributed by atoms with van der Waals surface area (Å²) in [6.45, 7) is 3.54. The standard InChI is InChI=1S/C22H31ClF2N2O3S.ClH/c1-2-17-31(29,30)27-15-13-26(14-16-27)21(9-11-22(24,25)12-10-21)8-7-20(28)18-5-3-4-6-19(18)23;/h3-6H,2,7-17H2,1H3;1H. The number of rotatable bonds is 8. The van der Waals surface area contributed by atoms with Crippen LogP contribution >= 0.6 is 24.0 Å². The number of nitrogens with zero attached hydrogens (tertiary/aromatic N) is 2. The maximum Gasteiger partial charge on any atom is 0.248 e. The van der Waals surface area contributed by atoms with Gasteiger partial charge in [0.25, 0.3) is 0 Å². The van der Waals surface area contributed by atoms with Crippen molar-refractivity contribution >= 4 is 39.8 Å². The monoisotopic (exact) mass is 512 g/mol. The van der Waals surface area contributed by atoms with E-state index < -0.39 is 21.5 Å². The van der Waals surface area contributed by atoms with Crippen molar-refractivity contribution in [3.8, 4) is 0 Å². The molecule has 3 rings (SSSR count). The van der Waals surface area contributed by atoms with Gasteiger partial charge in [-0.15, -0.1) is 12.4 Å². The summed E-state index contributed by atoms with van der Waals surface area (Å²) in [6.07, 6.45) is 1.45. The summed E-state index contributed by atoms with van der Waals surface area (Å²) in [7, 11) is -3.27. The summed E-state index contributed by atoms with van der Waals surface area (Å²) in [4.78, 5) is 14.9. The Morgan fingerprint density at radius 3 is 2.22 bits per heavy atom. The van der Waals surface area contributed by atoms with Gasteiger partial charge in [-0.3, -0.25) is 9.69 Å². The number of hydrogen-bond acceptors (Lipinski definition) is 4. The molecule has 1 aromatic rings. The van der Waals surface area contributed by atoms with Gasteiger partial charge in [0.2, 0.25) is 15.9 Å². The van der Waals surface area contributed by atoms with Crippen molar-refractivity contribution in [2.24, 2.45) is 0 Å². The van der Waals surface area contributed by atoms with Gasteiger partial charge in [0, 0.05) is 56.5 Å².